The van der Waals surface area contributed by atoms with Crippen molar-refractivity contribution in [1.82, 2.24) is 15.6 Å². The lowest BCUT2D eigenvalue weighted by atomic mass is 9.83. The van der Waals surface area contributed by atoms with Gasteiger partial charge in [0.25, 0.3) is 0 Å². The topological polar surface area (TPSA) is 58.5 Å². The van der Waals surface area contributed by atoms with Crippen LogP contribution in [0, 0.1) is 19.3 Å². The van der Waals surface area contributed by atoms with E-state index in [1.165, 1.54) is 30.6 Å². The number of nitrogens with zero attached hydrogens (tertiary/aromatic N) is 2. The molecule has 0 saturated heterocycles. The van der Waals surface area contributed by atoms with E-state index in [0.29, 0.717) is 12.0 Å². The van der Waals surface area contributed by atoms with Crippen LogP contribution in [0.2, 0.25) is 0 Å². The van der Waals surface area contributed by atoms with Gasteiger partial charge in [0, 0.05) is 31.2 Å². The number of aryl methyl sites for hydroxylation is 2. The van der Waals surface area contributed by atoms with Gasteiger partial charge < -0.3 is 15.4 Å². The second-order valence-electron chi connectivity index (χ2n) is 6.95. The van der Waals surface area contributed by atoms with Crippen molar-refractivity contribution in [2.24, 2.45) is 10.4 Å². The number of guanidine groups is 1. The van der Waals surface area contributed by atoms with Crippen molar-refractivity contribution in [3.63, 3.8) is 0 Å². The van der Waals surface area contributed by atoms with Crippen molar-refractivity contribution in [1.29, 1.82) is 0 Å². The Bertz CT molecular complexity index is 530. The fourth-order valence-corrected chi connectivity index (χ4v) is 4.30. The number of thiazole rings is 1. The first-order valence-corrected chi connectivity index (χ1v) is 10.4. The molecule has 1 fully saturated rings. The monoisotopic (exact) mass is 366 g/mol. The minimum Gasteiger partial charge on any atom is -0.382 e. The van der Waals surface area contributed by atoms with E-state index in [4.69, 9.17) is 9.73 Å². The average molecular weight is 367 g/mol. The Morgan fingerprint density at radius 3 is 2.60 bits per heavy atom. The van der Waals surface area contributed by atoms with E-state index in [2.05, 4.69) is 43.3 Å². The van der Waals surface area contributed by atoms with E-state index in [0.717, 1.165) is 49.4 Å². The van der Waals surface area contributed by atoms with E-state index in [1.807, 2.05) is 0 Å². The summed E-state index contributed by atoms with van der Waals surface area (Å²) < 4.78 is 5.61. The van der Waals surface area contributed by atoms with Gasteiger partial charge in [0.2, 0.25) is 0 Å². The van der Waals surface area contributed by atoms with Crippen LogP contribution in [0.4, 0.5) is 0 Å². The molecule has 0 aromatic carbocycles. The molecule has 1 aromatic heterocycles. The van der Waals surface area contributed by atoms with Crippen LogP contribution in [0.15, 0.2) is 4.99 Å². The van der Waals surface area contributed by atoms with Crippen molar-refractivity contribution in [2.75, 3.05) is 26.3 Å². The second-order valence-corrected chi connectivity index (χ2v) is 8.24. The molecular weight excluding hydrogens is 332 g/mol. The summed E-state index contributed by atoms with van der Waals surface area (Å²) in [5, 5.41) is 8.03. The van der Waals surface area contributed by atoms with Gasteiger partial charge in [0.15, 0.2) is 5.96 Å². The summed E-state index contributed by atoms with van der Waals surface area (Å²) in [5.74, 6) is 0.899. The van der Waals surface area contributed by atoms with Crippen molar-refractivity contribution in [3.05, 3.63) is 15.6 Å². The quantitative estimate of drug-likeness (QED) is 0.396. The minimum absolute atomic E-state index is 0.361. The number of ether oxygens (including phenoxy) is 1. The van der Waals surface area contributed by atoms with Crippen molar-refractivity contribution >= 4 is 17.3 Å². The maximum absolute atomic E-state index is 5.61. The third kappa shape index (κ3) is 6.26. The first kappa shape index (κ1) is 20.2. The highest BCUT2D eigenvalue weighted by Crippen LogP contribution is 2.40. The zero-order valence-corrected chi connectivity index (χ0v) is 17.1. The molecule has 5 nitrogen and oxygen atoms in total. The first-order valence-electron chi connectivity index (χ1n) is 9.61. The Morgan fingerprint density at radius 1 is 1.24 bits per heavy atom. The molecule has 1 saturated carbocycles. The van der Waals surface area contributed by atoms with E-state index in [1.54, 1.807) is 11.3 Å². The second kappa shape index (κ2) is 10.1. The minimum atomic E-state index is 0.361. The highest BCUT2D eigenvalue weighted by Gasteiger charge is 2.33. The Kier molecular flexibility index (Phi) is 8.16. The molecule has 142 valence electrons. The van der Waals surface area contributed by atoms with Gasteiger partial charge in [-0.2, -0.15) is 0 Å². The molecule has 0 unspecified atom stereocenters. The van der Waals surface area contributed by atoms with Gasteiger partial charge in [-0.05, 0) is 52.4 Å². The Hall–Kier alpha value is -1.14. The first-order chi connectivity index (χ1) is 12.1. The maximum Gasteiger partial charge on any atom is 0.191 e. The number of hydrogen-bond donors (Lipinski definition) is 2. The van der Waals surface area contributed by atoms with Crippen molar-refractivity contribution in [3.8, 4) is 0 Å². The number of hydrogen-bond acceptors (Lipinski definition) is 4. The molecule has 1 aliphatic carbocycles. The van der Waals surface area contributed by atoms with Crippen molar-refractivity contribution in [2.45, 2.75) is 66.3 Å². The molecule has 2 N–H and O–H groups in total. The molecule has 6 heteroatoms. The molecule has 0 spiro atoms. The summed E-state index contributed by atoms with van der Waals surface area (Å²) >= 11 is 1.74. The molecule has 1 aliphatic rings. The summed E-state index contributed by atoms with van der Waals surface area (Å²) in [6, 6.07) is 0. The van der Waals surface area contributed by atoms with Crippen LogP contribution in [-0.2, 0) is 11.3 Å². The highest BCUT2D eigenvalue weighted by atomic mass is 32.1. The SMILES string of the molecule is CCNC(=NCc1nc(C)c(C)s1)NCC1(CCOCC)CCCC1. The molecule has 0 bridgehead atoms. The van der Waals surface area contributed by atoms with Gasteiger partial charge in [0.05, 0.1) is 12.2 Å². The van der Waals surface area contributed by atoms with Crippen LogP contribution < -0.4 is 10.6 Å². The summed E-state index contributed by atoms with van der Waals surface area (Å²) in [6.45, 7) is 12.5. The fraction of sp³-hybridized carbons (Fsp3) is 0.789. The van der Waals surface area contributed by atoms with E-state index in [9.17, 15) is 0 Å². The Balaban J connectivity index is 1.93. The summed E-state index contributed by atoms with van der Waals surface area (Å²) in [5.41, 5.74) is 1.48. The van der Waals surface area contributed by atoms with Crippen LogP contribution in [0.3, 0.4) is 0 Å². The smallest absolute Gasteiger partial charge is 0.191 e. The lowest BCUT2D eigenvalue weighted by Crippen LogP contribution is -2.43. The van der Waals surface area contributed by atoms with Crippen LogP contribution in [-0.4, -0.2) is 37.2 Å². The standard InChI is InChI=1S/C19H34N4OS/c1-5-20-18(21-13-17-23-15(3)16(4)25-17)22-14-19(9-7-8-10-19)11-12-24-6-2/h5-14H2,1-4H3,(H2,20,21,22). The molecule has 0 radical (unpaired) electrons. The Labute approximate surface area is 156 Å². The molecular formula is C19H34N4OS. The molecule has 0 amide bonds. The molecule has 0 atom stereocenters. The lowest BCUT2D eigenvalue weighted by Gasteiger charge is -2.30. The van der Waals surface area contributed by atoms with Gasteiger partial charge in [0.1, 0.15) is 5.01 Å². The predicted molar refractivity (Wildman–Crippen MR) is 106 cm³/mol. The number of rotatable bonds is 9. The van der Waals surface area contributed by atoms with Gasteiger partial charge in [-0.3, -0.25) is 0 Å². The third-order valence-electron chi connectivity index (χ3n) is 5.07. The zero-order chi connectivity index (χ0) is 18.1. The largest absolute Gasteiger partial charge is 0.382 e. The maximum atomic E-state index is 5.61. The molecule has 1 aromatic rings. The van der Waals surface area contributed by atoms with Crippen LogP contribution >= 0.6 is 11.3 Å². The molecule has 25 heavy (non-hydrogen) atoms. The molecule has 2 rings (SSSR count). The fourth-order valence-electron chi connectivity index (χ4n) is 3.44. The van der Waals surface area contributed by atoms with Gasteiger partial charge in [-0.1, -0.05) is 12.8 Å². The van der Waals surface area contributed by atoms with Gasteiger partial charge in [-0.25, -0.2) is 9.98 Å². The van der Waals surface area contributed by atoms with Crippen LogP contribution in [0.25, 0.3) is 0 Å². The average Bonchev–Trinajstić information content (AvgIpc) is 3.18. The Morgan fingerprint density at radius 2 is 2.00 bits per heavy atom. The lowest BCUT2D eigenvalue weighted by molar-refractivity contribution is 0.105. The van der Waals surface area contributed by atoms with Gasteiger partial charge >= 0.3 is 0 Å². The highest BCUT2D eigenvalue weighted by molar-refractivity contribution is 7.11. The van der Waals surface area contributed by atoms with Crippen LogP contribution in [0.5, 0.6) is 0 Å². The van der Waals surface area contributed by atoms with Crippen molar-refractivity contribution < 1.29 is 4.74 Å². The number of aliphatic imine (C=N–C) groups is 1. The van der Waals surface area contributed by atoms with E-state index in [-0.39, 0.29) is 0 Å². The van der Waals surface area contributed by atoms with Gasteiger partial charge in [-0.15, -0.1) is 11.3 Å². The zero-order valence-electron chi connectivity index (χ0n) is 16.3. The van der Waals surface area contributed by atoms with E-state index >= 15 is 0 Å². The normalized spacial score (nSPS) is 17.0. The molecule has 1 heterocycles. The number of nitrogens with one attached hydrogen (secondary N) is 2. The summed E-state index contributed by atoms with van der Waals surface area (Å²) in [7, 11) is 0. The van der Waals surface area contributed by atoms with Crippen LogP contribution in [0.1, 0.15) is 61.5 Å². The predicted octanol–water partition coefficient (Wildman–Crippen LogP) is 3.80. The molecule has 0 aliphatic heterocycles. The summed E-state index contributed by atoms with van der Waals surface area (Å²) in [6.07, 6.45) is 6.38. The summed E-state index contributed by atoms with van der Waals surface area (Å²) in [4.78, 5) is 10.6. The number of aromatic nitrogens is 1. The third-order valence-corrected chi connectivity index (χ3v) is 6.12. The van der Waals surface area contributed by atoms with E-state index < -0.39 is 0 Å².